The Kier molecular flexibility index (Phi) is 7.54. The average Bonchev–Trinajstić information content (AvgIpc) is 3.19. The number of rotatable bonds is 6. The number of piperazine rings is 1. The van der Waals surface area contributed by atoms with Crippen molar-refractivity contribution in [3.63, 3.8) is 0 Å². The van der Waals surface area contributed by atoms with Crippen LogP contribution in [0.3, 0.4) is 0 Å². The maximum atomic E-state index is 14.4. The summed E-state index contributed by atoms with van der Waals surface area (Å²) in [6.45, 7) is 5.29. The number of benzene rings is 1. The quantitative estimate of drug-likeness (QED) is 0.606. The van der Waals surface area contributed by atoms with Gasteiger partial charge in [-0.3, -0.25) is 4.79 Å². The number of hydrogen-bond acceptors (Lipinski definition) is 5. The molecular formula is C27H35ClFN5O. The van der Waals surface area contributed by atoms with Gasteiger partial charge in [-0.15, -0.1) is 0 Å². The number of nitrogens with one attached hydrogen (secondary N) is 1. The lowest BCUT2D eigenvalue weighted by atomic mass is 9.93. The Morgan fingerprint density at radius 2 is 1.83 bits per heavy atom. The third kappa shape index (κ3) is 5.31. The minimum absolute atomic E-state index is 0.107. The van der Waals surface area contributed by atoms with Crippen LogP contribution >= 0.6 is 11.6 Å². The summed E-state index contributed by atoms with van der Waals surface area (Å²) in [6, 6.07) is 8.17. The molecule has 1 saturated heterocycles. The monoisotopic (exact) mass is 499 g/mol. The summed E-state index contributed by atoms with van der Waals surface area (Å²) in [5.74, 6) is 0.857. The molecule has 2 aliphatic carbocycles. The van der Waals surface area contributed by atoms with Crippen molar-refractivity contribution in [3.8, 4) is 0 Å². The molecule has 0 spiro atoms. The van der Waals surface area contributed by atoms with Gasteiger partial charge in [-0.1, -0.05) is 49.9 Å². The maximum absolute atomic E-state index is 14.4. The standard InChI is InChI=1S/C27H35ClFN5O/c1-18-15-23(29)25-24(18)26(32-17-31-25)33-11-13-34(14-12-33)27(35)22(19-7-9-20(28)10-8-19)16-30-21-5-3-2-4-6-21/h7-10,17-18,21-23,30H,2-6,11-16H2,1H3/t18-,22-,23-/m1/s1. The van der Waals surface area contributed by atoms with Crippen molar-refractivity contribution in [3.05, 3.63) is 52.4 Å². The van der Waals surface area contributed by atoms with Crippen LogP contribution in [-0.2, 0) is 4.79 Å². The zero-order chi connectivity index (χ0) is 24.4. The third-order valence-electron chi connectivity index (χ3n) is 7.92. The summed E-state index contributed by atoms with van der Waals surface area (Å²) in [5.41, 5.74) is 2.48. The van der Waals surface area contributed by atoms with Crippen LogP contribution < -0.4 is 10.2 Å². The number of halogens is 2. The van der Waals surface area contributed by atoms with Crippen molar-refractivity contribution < 1.29 is 9.18 Å². The summed E-state index contributed by atoms with van der Waals surface area (Å²) < 4.78 is 14.4. The van der Waals surface area contributed by atoms with Crippen LogP contribution in [0.5, 0.6) is 0 Å². The lowest BCUT2D eigenvalue weighted by Gasteiger charge is -2.38. The number of fused-ring (bicyclic) bond motifs is 1. The first kappa shape index (κ1) is 24.4. The van der Waals surface area contributed by atoms with Crippen molar-refractivity contribution in [1.29, 1.82) is 0 Å². The molecule has 2 aromatic rings. The fourth-order valence-corrected chi connectivity index (χ4v) is 6.03. The van der Waals surface area contributed by atoms with Gasteiger partial charge in [0.1, 0.15) is 18.3 Å². The van der Waals surface area contributed by atoms with Crippen LogP contribution in [0.4, 0.5) is 10.2 Å². The number of carbonyl (C=O) groups excluding carboxylic acids is 1. The van der Waals surface area contributed by atoms with Gasteiger partial charge in [-0.2, -0.15) is 0 Å². The van der Waals surface area contributed by atoms with E-state index in [1.165, 1.54) is 38.4 Å². The Labute approximate surface area is 212 Å². The summed E-state index contributed by atoms with van der Waals surface area (Å²) in [6.07, 6.45) is 7.12. The molecule has 3 atom stereocenters. The number of nitrogens with zero attached hydrogens (tertiary/aromatic N) is 4. The number of amides is 1. The smallest absolute Gasteiger partial charge is 0.231 e. The second kappa shape index (κ2) is 10.8. The predicted octanol–water partition coefficient (Wildman–Crippen LogP) is 5.00. The zero-order valence-corrected chi connectivity index (χ0v) is 21.2. The Morgan fingerprint density at radius 1 is 1.11 bits per heavy atom. The van der Waals surface area contributed by atoms with Crippen LogP contribution in [0, 0.1) is 0 Å². The van der Waals surface area contributed by atoms with Gasteiger partial charge >= 0.3 is 0 Å². The van der Waals surface area contributed by atoms with E-state index in [0.29, 0.717) is 55.9 Å². The fraction of sp³-hybridized carbons (Fsp3) is 0.593. The van der Waals surface area contributed by atoms with Crippen LogP contribution in [0.15, 0.2) is 30.6 Å². The molecule has 1 aromatic carbocycles. The molecule has 1 aliphatic heterocycles. The van der Waals surface area contributed by atoms with Crippen LogP contribution in [0.1, 0.15) is 80.3 Å². The van der Waals surface area contributed by atoms with E-state index in [-0.39, 0.29) is 17.7 Å². The Morgan fingerprint density at radius 3 is 2.54 bits per heavy atom. The fourth-order valence-electron chi connectivity index (χ4n) is 5.91. The molecule has 3 aliphatic rings. The van der Waals surface area contributed by atoms with Gasteiger partial charge < -0.3 is 15.1 Å². The van der Waals surface area contributed by atoms with Crippen molar-refractivity contribution in [2.45, 2.75) is 69.5 Å². The lowest BCUT2D eigenvalue weighted by molar-refractivity contribution is -0.133. The largest absolute Gasteiger partial charge is 0.353 e. The third-order valence-corrected chi connectivity index (χ3v) is 8.17. The summed E-state index contributed by atoms with van der Waals surface area (Å²) in [4.78, 5) is 26.6. The zero-order valence-electron chi connectivity index (χ0n) is 20.4. The first-order chi connectivity index (χ1) is 17.0. The average molecular weight is 500 g/mol. The van der Waals surface area contributed by atoms with Crippen LogP contribution in [0.25, 0.3) is 0 Å². The Balaban J connectivity index is 1.27. The molecule has 8 heteroatoms. The van der Waals surface area contributed by atoms with Crippen LogP contribution in [0.2, 0.25) is 5.02 Å². The molecule has 0 bridgehead atoms. The van der Waals surface area contributed by atoms with E-state index in [9.17, 15) is 9.18 Å². The topological polar surface area (TPSA) is 61.4 Å². The van der Waals surface area contributed by atoms with Gasteiger partial charge in [0.05, 0.1) is 11.6 Å². The molecular weight excluding hydrogens is 465 g/mol. The SMILES string of the molecule is C[C@@H]1C[C@@H](F)c2ncnc(N3CCN(C(=O)[C@H](CNC4CCCCC4)c4ccc(Cl)cc4)CC3)c21. The maximum Gasteiger partial charge on any atom is 0.231 e. The van der Waals surface area contributed by atoms with Gasteiger partial charge in [0.2, 0.25) is 5.91 Å². The minimum atomic E-state index is -1.01. The molecule has 6 nitrogen and oxygen atoms in total. The highest BCUT2D eigenvalue weighted by Gasteiger charge is 2.36. The summed E-state index contributed by atoms with van der Waals surface area (Å²) in [5, 5.41) is 4.36. The van der Waals surface area contributed by atoms with E-state index in [0.717, 1.165) is 16.9 Å². The number of aromatic nitrogens is 2. The molecule has 1 saturated carbocycles. The van der Waals surface area contributed by atoms with E-state index in [1.54, 1.807) is 0 Å². The van der Waals surface area contributed by atoms with E-state index in [1.807, 2.05) is 36.1 Å². The summed E-state index contributed by atoms with van der Waals surface area (Å²) in [7, 11) is 0. The van der Waals surface area contributed by atoms with E-state index in [2.05, 4.69) is 20.2 Å². The van der Waals surface area contributed by atoms with Gasteiger partial charge in [0.25, 0.3) is 0 Å². The van der Waals surface area contributed by atoms with Gasteiger partial charge in [-0.05, 0) is 42.9 Å². The highest BCUT2D eigenvalue weighted by Crippen LogP contribution is 2.44. The van der Waals surface area contributed by atoms with Gasteiger partial charge in [0.15, 0.2) is 0 Å². The van der Waals surface area contributed by atoms with Gasteiger partial charge in [0, 0.05) is 49.4 Å². The first-order valence-electron chi connectivity index (χ1n) is 13.0. The molecule has 35 heavy (non-hydrogen) atoms. The molecule has 2 heterocycles. The Bertz CT molecular complexity index is 1020. The summed E-state index contributed by atoms with van der Waals surface area (Å²) >= 11 is 6.13. The molecule has 1 N–H and O–H groups in total. The molecule has 0 radical (unpaired) electrons. The van der Waals surface area contributed by atoms with E-state index < -0.39 is 6.17 Å². The van der Waals surface area contributed by atoms with Gasteiger partial charge in [-0.25, -0.2) is 14.4 Å². The minimum Gasteiger partial charge on any atom is -0.353 e. The molecule has 1 aromatic heterocycles. The van der Waals surface area contributed by atoms with E-state index in [4.69, 9.17) is 11.6 Å². The first-order valence-corrected chi connectivity index (χ1v) is 13.4. The predicted molar refractivity (Wildman–Crippen MR) is 137 cm³/mol. The van der Waals surface area contributed by atoms with Crippen molar-refractivity contribution in [2.24, 2.45) is 0 Å². The number of anilines is 1. The number of hydrogen-bond donors (Lipinski definition) is 1. The molecule has 5 rings (SSSR count). The highest BCUT2D eigenvalue weighted by atomic mass is 35.5. The Hall–Kier alpha value is -2.25. The van der Waals surface area contributed by atoms with E-state index >= 15 is 0 Å². The lowest BCUT2D eigenvalue weighted by Crippen LogP contribution is -2.51. The second-order valence-corrected chi connectivity index (χ2v) is 10.7. The van der Waals surface area contributed by atoms with Crippen LogP contribution in [-0.4, -0.2) is 59.5 Å². The number of alkyl halides is 1. The normalized spacial score (nSPS) is 23.9. The highest BCUT2D eigenvalue weighted by molar-refractivity contribution is 6.30. The molecule has 188 valence electrons. The number of carbonyl (C=O) groups is 1. The molecule has 0 unspecified atom stereocenters. The molecule has 1 amide bonds. The van der Waals surface area contributed by atoms with Crippen molar-refractivity contribution >= 4 is 23.3 Å². The van der Waals surface area contributed by atoms with Crippen molar-refractivity contribution in [1.82, 2.24) is 20.2 Å². The second-order valence-electron chi connectivity index (χ2n) is 10.3. The molecule has 2 fully saturated rings. The van der Waals surface area contributed by atoms with Crippen molar-refractivity contribution in [2.75, 3.05) is 37.6 Å².